The Bertz CT molecular complexity index is 1310. The molecule has 0 aliphatic rings. The molecular formula is C25H21N3O2. The SMILES string of the molecule is Cc1cccc2[nH]c3nc(C(OCc4ccccc4)c4ccccc4)nc(O)c3c12. The van der Waals surface area contributed by atoms with Crippen molar-refractivity contribution in [2.24, 2.45) is 0 Å². The van der Waals surface area contributed by atoms with E-state index in [1.165, 1.54) is 0 Å². The molecule has 5 nitrogen and oxygen atoms in total. The van der Waals surface area contributed by atoms with Gasteiger partial charge in [-0.05, 0) is 29.7 Å². The maximum Gasteiger partial charge on any atom is 0.224 e. The molecule has 1 atom stereocenters. The van der Waals surface area contributed by atoms with Gasteiger partial charge in [-0.3, -0.25) is 0 Å². The molecule has 0 saturated heterocycles. The minimum Gasteiger partial charge on any atom is -0.493 e. The first-order valence-corrected chi connectivity index (χ1v) is 9.89. The van der Waals surface area contributed by atoms with Gasteiger partial charge in [0.1, 0.15) is 11.8 Å². The molecule has 148 valence electrons. The van der Waals surface area contributed by atoms with E-state index in [4.69, 9.17) is 9.72 Å². The molecule has 2 heterocycles. The summed E-state index contributed by atoms with van der Waals surface area (Å²) >= 11 is 0. The second-order valence-corrected chi connectivity index (χ2v) is 7.34. The number of ether oxygens (including phenoxy) is 1. The van der Waals surface area contributed by atoms with Gasteiger partial charge in [0.2, 0.25) is 5.88 Å². The number of fused-ring (bicyclic) bond motifs is 3. The minimum absolute atomic E-state index is 0.0419. The fraction of sp³-hybridized carbons (Fsp3) is 0.120. The number of aromatic hydroxyl groups is 1. The highest BCUT2D eigenvalue weighted by Gasteiger charge is 2.22. The van der Waals surface area contributed by atoms with E-state index in [2.05, 4.69) is 9.97 Å². The molecule has 5 heteroatoms. The quantitative estimate of drug-likeness (QED) is 0.416. The van der Waals surface area contributed by atoms with Gasteiger partial charge < -0.3 is 14.8 Å². The van der Waals surface area contributed by atoms with Gasteiger partial charge in [-0.2, -0.15) is 4.98 Å². The van der Waals surface area contributed by atoms with Gasteiger partial charge in [0.25, 0.3) is 0 Å². The number of benzene rings is 3. The number of aryl methyl sites for hydroxylation is 1. The predicted molar refractivity (Wildman–Crippen MR) is 117 cm³/mol. The first kappa shape index (κ1) is 18.3. The van der Waals surface area contributed by atoms with E-state index in [0.717, 1.165) is 27.6 Å². The van der Waals surface area contributed by atoms with Crippen LogP contribution in [0.1, 0.15) is 28.6 Å². The zero-order chi connectivity index (χ0) is 20.5. The Hall–Kier alpha value is -3.70. The van der Waals surface area contributed by atoms with Gasteiger partial charge in [-0.1, -0.05) is 72.8 Å². The van der Waals surface area contributed by atoms with Crippen LogP contribution in [-0.4, -0.2) is 20.1 Å². The van der Waals surface area contributed by atoms with Gasteiger partial charge in [0.15, 0.2) is 5.82 Å². The zero-order valence-electron chi connectivity index (χ0n) is 16.5. The summed E-state index contributed by atoms with van der Waals surface area (Å²) in [5.74, 6) is 0.381. The van der Waals surface area contributed by atoms with Gasteiger partial charge in [0, 0.05) is 10.9 Å². The van der Waals surface area contributed by atoms with Gasteiger partial charge in [-0.25, -0.2) is 4.98 Å². The molecule has 1 unspecified atom stereocenters. The number of hydrogen-bond donors (Lipinski definition) is 2. The van der Waals surface area contributed by atoms with E-state index in [1.54, 1.807) is 0 Å². The summed E-state index contributed by atoms with van der Waals surface area (Å²) in [6.45, 7) is 2.42. The van der Waals surface area contributed by atoms with Crippen molar-refractivity contribution in [3.8, 4) is 5.88 Å². The number of nitrogens with zero attached hydrogens (tertiary/aromatic N) is 2. The van der Waals surface area contributed by atoms with E-state index in [9.17, 15) is 5.11 Å². The first-order valence-electron chi connectivity index (χ1n) is 9.89. The molecule has 2 aromatic heterocycles. The molecule has 3 aromatic carbocycles. The summed E-state index contributed by atoms with van der Waals surface area (Å²) in [7, 11) is 0. The number of aromatic nitrogens is 3. The van der Waals surface area contributed by atoms with Crippen LogP contribution in [0, 0.1) is 6.92 Å². The fourth-order valence-electron chi connectivity index (χ4n) is 3.84. The van der Waals surface area contributed by atoms with Crippen LogP contribution >= 0.6 is 0 Å². The Morgan fingerprint density at radius 2 is 1.60 bits per heavy atom. The van der Waals surface area contributed by atoms with E-state index in [-0.39, 0.29) is 5.88 Å². The third-order valence-corrected chi connectivity index (χ3v) is 5.28. The maximum atomic E-state index is 10.8. The zero-order valence-corrected chi connectivity index (χ0v) is 16.5. The average molecular weight is 395 g/mol. The van der Waals surface area contributed by atoms with Crippen molar-refractivity contribution >= 4 is 21.9 Å². The number of hydrogen-bond acceptors (Lipinski definition) is 4. The van der Waals surface area contributed by atoms with Crippen molar-refractivity contribution in [3.63, 3.8) is 0 Å². The lowest BCUT2D eigenvalue weighted by Crippen LogP contribution is -2.11. The number of rotatable bonds is 5. The smallest absolute Gasteiger partial charge is 0.224 e. The van der Waals surface area contributed by atoms with Crippen molar-refractivity contribution in [2.45, 2.75) is 19.6 Å². The van der Waals surface area contributed by atoms with E-state index in [1.807, 2.05) is 85.8 Å². The molecule has 0 bridgehead atoms. The summed E-state index contributed by atoms with van der Waals surface area (Å²) in [6.07, 6.45) is -0.505. The molecular weight excluding hydrogens is 374 g/mol. The Morgan fingerprint density at radius 1 is 0.867 bits per heavy atom. The van der Waals surface area contributed by atoms with Crippen molar-refractivity contribution in [1.82, 2.24) is 15.0 Å². The molecule has 0 saturated carbocycles. The summed E-state index contributed by atoms with van der Waals surface area (Å²) in [5.41, 5.74) is 4.58. The van der Waals surface area contributed by atoms with Crippen molar-refractivity contribution in [1.29, 1.82) is 0 Å². The van der Waals surface area contributed by atoms with Crippen LogP contribution in [-0.2, 0) is 11.3 Å². The molecule has 0 amide bonds. The normalized spacial score (nSPS) is 12.4. The number of H-pyrrole nitrogens is 1. The molecule has 0 aliphatic heterocycles. The van der Waals surface area contributed by atoms with E-state index in [0.29, 0.717) is 23.5 Å². The van der Waals surface area contributed by atoms with Crippen LogP contribution in [0.25, 0.3) is 21.9 Å². The van der Waals surface area contributed by atoms with E-state index < -0.39 is 6.10 Å². The predicted octanol–water partition coefficient (Wildman–Crippen LogP) is 5.43. The molecule has 5 rings (SSSR count). The minimum atomic E-state index is -0.505. The Balaban J connectivity index is 1.61. The second-order valence-electron chi connectivity index (χ2n) is 7.34. The first-order chi connectivity index (χ1) is 14.7. The fourth-order valence-corrected chi connectivity index (χ4v) is 3.84. The second kappa shape index (κ2) is 7.61. The van der Waals surface area contributed by atoms with Crippen LogP contribution in [0.2, 0.25) is 0 Å². The lowest BCUT2D eigenvalue weighted by molar-refractivity contribution is 0.0609. The molecule has 0 fully saturated rings. The largest absolute Gasteiger partial charge is 0.493 e. The monoisotopic (exact) mass is 395 g/mol. The summed E-state index contributed by atoms with van der Waals surface area (Å²) in [6, 6.07) is 25.8. The van der Waals surface area contributed by atoms with Crippen LogP contribution in [0.5, 0.6) is 5.88 Å². The summed E-state index contributed by atoms with van der Waals surface area (Å²) < 4.78 is 6.25. The Morgan fingerprint density at radius 3 is 2.37 bits per heavy atom. The van der Waals surface area contributed by atoms with Gasteiger partial charge in [-0.15, -0.1) is 0 Å². The lowest BCUT2D eigenvalue weighted by atomic mass is 10.1. The van der Waals surface area contributed by atoms with Crippen molar-refractivity contribution in [2.75, 3.05) is 0 Å². The molecule has 0 aliphatic carbocycles. The van der Waals surface area contributed by atoms with Crippen LogP contribution in [0.15, 0.2) is 78.9 Å². The lowest BCUT2D eigenvalue weighted by Gasteiger charge is -2.17. The Labute approximate surface area is 174 Å². The highest BCUT2D eigenvalue weighted by Crippen LogP contribution is 2.34. The Kier molecular flexibility index (Phi) is 4.65. The third kappa shape index (κ3) is 3.29. The number of nitrogens with one attached hydrogen (secondary N) is 1. The van der Waals surface area contributed by atoms with E-state index >= 15 is 0 Å². The maximum absolute atomic E-state index is 10.8. The van der Waals surface area contributed by atoms with Crippen LogP contribution in [0.3, 0.4) is 0 Å². The van der Waals surface area contributed by atoms with Crippen LogP contribution < -0.4 is 0 Å². The molecule has 2 N–H and O–H groups in total. The highest BCUT2D eigenvalue weighted by atomic mass is 16.5. The van der Waals surface area contributed by atoms with Crippen molar-refractivity contribution < 1.29 is 9.84 Å². The van der Waals surface area contributed by atoms with Crippen LogP contribution in [0.4, 0.5) is 0 Å². The standard InChI is InChI=1S/C25H21N3O2/c1-16-9-8-14-19-20(16)21-23(26-19)27-24(28-25(21)29)22(18-12-6-3-7-13-18)30-15-17-10-4-2-5-11-17/h2-14,22H,15H2,1H3,(H2,26,27,28,29). The molecule has 0 spiro atoms. The summed E-state index contributed by atoms with van der Waals surface area (Å²) in [4.78, 5) is 12.5. The van der Waals surface area contributed by atoms with Gasteiger partial charge in [0.05, 0.1) is 12.0 Å². The van der Waals surface area contributed by atoms with Crippen molar-refractivity contribution in [3.05, 3.63) is 101 Å². The molecule has 0 radical (unpaired) electrons. The summed E-state index contributed by atoms with van der Waals surface area (Å²) in [5, 5.41) is 12.4. The molecule has 5 aromatic rings. The third-order valence-electron chi connectivity index (χ3n) is 5.28. The van der Waals surface area contributed by atoms with Gasteiger partial charge >= 0.3 is 0 Å². The topological polar surface area (TPSA) is 71.0 Å². The number of aromatic amines is 1. The average Bonchev–Trinajstić information content (AvgIpc) is 3.16. The highest BCUT2D eigenvalue weighted by molar-refractivity contribution is 6.09. The molecule has 30 heavy (non-hydrogen) atoms.